The number of aliphatic carboxylic acids is 1. The first-order valence-corrected chi connectivity index (χ1v) is 3.95. The summed E-state index contributed by atoms with van der Waals surface area (Å²) in [4.78, 5) is 10.3. The van der Waals surface area contributed by atoms with Gasteiger partial charge < -0.3 is 5.11 Å². The lowest BCUT2D eigenvalue weighted by Gasteiger charge is -1.94. The molecule has 0 saturated carbocycles. The van der Waals surface area contributed by atoms with Gasteiger partial charge in [-0.25, -0.2) is 0 Å². The van der Waals surface area contributed by atoms with E-state index >= 15 is 0 Å². The molecule has 0 aromatic carbocycles. The van der Waals surface area contributed by atoms with Crippen molar-refractivity contribution in [1.29, 1.82) is 0 Å². The van der Waals surface area contributed by atoms with Crippen molar-refractivity contribution in [2.45, 2.75) is 19.9 Å². The summed E-state index contributed by atoms with van der Waals surface area (Å²) in [6.07, 6.45) is -0.0767. The standard InChI is InChI=1S/C7H9ClN2O2/c1-2-10-6(8)3-5(9-10)4-7(11)12/h3H,2,4H2,1H3,(H,11,12). The Morgan fingerprint density at radius 1 is 1.83 bits per heavy atom. The predicted molar refractivity (Wildman–Crippen MR) is 44.3 cm³/mol. The van der Waals surface area contributed by atoms with Gasteiger partial charge in [0.2, 0.25) is 0 Å². The minimum Gasteiger partial charge on any atom is -0.481 e. The van der Waals surface area contributed by atoms with Crippen LogP contribution in [0.25, 0.3) is 0 Å². The smallest absolute Gasteiger partial charge is 0.309 e. The highest BCUT2D eigenvalue weighted by molar-refractivity contribution is 6.29. The summed E-state index contributed by atoms with van der Waals surface area (Å²) in [6.45, 7) is 2.54. The molecule has 12 heavy (non-hydrogen) atoms. The van der Waals surface area contributed by atoms with E-state index in [1.54, 1.807) is 10.7 Å². The number of carbonyl (C=O) groups is 1. The first-order valence-electron chi connectivity index (χ1n) is 3.57. The van der Waals surface area contributed by atoms with Gasteiger partial charge in [-0.05, 0) is 13.0 Å². The molecule has 0 bridgehead atoms. The number of hydrogen-bond donors (Lipinski definition) is 1. The van der Waals surface area contributed by atoms with Gasteiger partial charge >= 0.3 is 5.97 Å². The molecular formula is C7H9ClN2O2. The third kappa shape index (κ3) is 1.98. The molecule has 5 heteroatoms. The number of aryl methyl sites for hydroxylation is 1. The average molecular weight is 189 g/mol. The minimum absolute atomic E-state index is 0.0767. The van der Waals surface area contributed by atoms with Gasteiger partial charge in [0.15, 0.2) is 0 Å². The molecule has 1 aromatic rings. The first-order chi connectivity index (χ1) is 5.63. The maximum Gasteiger partial charge on any atom is 0.309 e. The first kappa shape index (κ1) is 9.06. The SMILES string of the molecule is CCn1nc(CC(=O)O)cc1Cl. The third-order valence-corrected chi connectivity index (χ3v) is 1.72. The molecule has 1 heterocycles. The molecule has 4 nitrogen and oxygen atoms in total. The van der Waals surface area contributed by atoms with Crippen molar-refractivity contribution in [2.75, 3.05) is 0 Å². The van der Waals surface area contributed by atoms with Crippen LogP contribution in [0.4, 0.5) is 0 Å². The number of aromatic nitrogens is 2. The van der Waals surface area contributed by atoms with Crippen molar-refractivity contribution in [3.63, 3.8) is 0 Å². The monoisotopic (exact) mass is 188 g/mol. The molecule has 0 amide bonds. The molecule has 0 aliphatic carbocycles. The molecule has 0 saturated heterocycles. The van der Waals surface area contributed by atoms with E-state index in [1.165, 1.54) is 0 Å². The molecule has 0 fully saturated rings. The van der Waals surface area contributed by atoms with Crippen LogP contribution in [0, 0.1) is 0 Å². The lowest BCUT2D eigenvalue weighted by molar-refractivity contribution is -0.136. The van der Waals surface area contributed by atoms with Crippen LogP contribution in [0.1, 0.15) is 12.6 Å². The van der Waals surface area contributed by atoms with Gasteiger partial charge in [0, 0.05) is 6.54 Å². The predicted octanol–water partition coefficient (Wildman–Crippen LogP) is 1.18. The van der Waals surface area contributed by atoms with E-state index in [9.17, 15) is 4.79 Å². The fraction of sp³-hybridized carbons (Fsp3) is 0.429. The molecule has 0 spiro atoms. The van der Waals surface area contributed by atoms with E-state index in [1.807, 2.05) is 6.92 Å². The van der Waals surface area contributed by atoms with Crippen molar-refractivity contribution >= 4 is 17.6 Å². The number of rotatable bonds is 3. The summed E-state index contributed by atoms with van der Waals surface area (Å²) in [5.74, 6) is -0.896. The topological polar surface area (TPSA) is 55.1 Å². The van der Waals surface area contributed by atoms with Crippen LogP contribution >= 0.6 is 11.6 Å². The number of halogens is 1. The Morgan fingerprint density at radius 3 is 2.92 bits per heavy atom. The fourth-order valence-electron chi connectivity index (χ4n) is 0.907. The Kier molecular flexibility index (Phi) is 2.70. The van der Waals surface area contributed by atoms with E-state index in [2.05, 4.69) is 5.10 Å². The van der Waals surface area contributed by atoms with Gasteiger partial charge in [-0.2, -0.15) is 5.10 Å². The van der Waals surface area contributed by atoms with Gasteiger partial charge in [-0.15, -0.1) is 0 Å². The van der Waals surface area contributed by atoms with Crippen LogP contribution in [0.3, 0.4) is 0 Å². The molecule has 66 valence electrons. The Hall–Kier alpha value is -1.03. The maximum atomic E-state index is 10.3. The summed E-state index contributed by atoms with van der Waals surface area (Å²) in [7, 11) is 0. The number of hydrogen-bond acceptors (Lipinski definition) is 2. The van der Waals surface area contributed by atoms with Crippen LogP contribution in [-0.4, -0.2) is 20.9 Å². The van der Waals surface area contributed by atoms with Crippen molar-refractivity contribution in [1.82, 2.24) is 9.78 Å². The van der Waals surface area contributed by atoms with Gasteiger partial charge in [0.05, 0.1) is 12.1 Å². The fourth-order valence-corrected chi connectivity index (χ4v) is 1.19. The maximum absolute atomic E-state index is 10.3. The van der Waals surface area contributed by atoms with Gasteiger partial charge in [0.25, 0.3) is 0 Å². The van der Waals surface area contributed by atoms with Crippen LogP contribution in [0.15, 0.2) is 6.07 Å². The average Bonchev–Trinajstić information content (AvgIpc) is 2.29. The van der Waals surface area contributed by atoms with Crippen molar-refractivity contribution in [3.8, 4) is 0 Å². The summed E-state index contributed by atoms with van der Waals surface area (Å²) in [5, 5.41) is 12.9. The van der Waals surface area contributed by atoms with Crippen molar-refractivity contribution in [3.05, 3.63) is 16.9 Å². The molecular weight excluding hydrogens is 180 g/mol. The second-order valence-corrected chi connectivity index (χ2v) is 2.73. The van der Waals surface area contributed by atoms with E-state index in [0.29, 0.717) is 17.4 Å². The lowest BCUT2D eigenvalue weighted by Crippen LogP contribution is -2.02. The van der Waals surface area contributed by atoms with Gasteiger partial charge in [-0.1, -0.05) is 11.6 Å². The van der Waals surface area contributed by atoms with Gasteiger partial charge in [0.1, 0.15) is 5.15 Å². The van der Waals surface area contributed by atoms with Crippen LogP contribution in [-0.2, 0) is 17.8 Å². The van der Waals surface area contributed by atoms with E-state index < -0.39 is 5.97 Å². The largest absolute Gasteiger partial charge is 0.481 e. The van der Waals surface area contributed by atoms with Crippen LogP contribution in [0.2, 0.25) is 5.15 Å². The zero-order valence-corrected chi connectivity index (χ0v) is 7.38. The van der Waals surface area contributed by atoms with Crippen molar-refractivity contribution < 1.29 is 9.90 Å². The number of carboxylic acid groups (broad SMARTS) is 1. The van der Waals surface area contributed by atoms with Gasteiger partial charge in [-0.3, -0.25) is 9.48 Å². The van der Waals surface area contributed by atoms with Crippen LogP contribution in [0.5, 0.6) is 0 Å². The summed E-state index contributed by atoms with van der Waals surface area (Å²) >= 11 is 5.74. The highest BCUT2D eigenvalue weighted by Gasteiger charge is 2.07. The highest BCUT2D eigenvalue weighted by atomic mass is 35.5. The highest BCUT2D eigenvalue weighted by Crippen LogP contribution is 2.10. The summed E-state index contributed by atoms with van der Waals surface area (Å²) in [5.41, 5.74) is 0.495. The zero-order valence-electron chi connectivity index (χ0n) is 6.62. The van der Waals surface area contributed by atoms with Crippen molar-refractivity contribution in [2.24, 2.45) is 0 Å². The Morgan fingerprint density at radius 2 is 2.50 bits per heavy atom. The Labute approximate surface area is 74.8 Å². The number of carboxylic acids is 1. The molecule has 0 unspecified atom stereocenters. The molecule has 1 N–H and O–H groups in total. The van der Waals surface area contributed by atoms with E-state index in [0.717, 1.165) is 0 Å². The lowest BCUT2D eigenvalue weighted by atomic mass is 10.3. The molecule has 0 atom stereocenters. The zero-order chi connectivity index (χ0) is 9.14. The third-order valence-electron chi connectivity index (χ3n) is 1.41. The number of nitrogens with zero attached hydrogens (tertiary/aromatic N) is 2. The quantitative estimate of drug-likeness (QED) is 0.775. The molecule has 1 rings (SSSR count). The summed E-state index contributed by atoms with van der Waals surface area (Å²) in [6, 6.07) is 1.57. The molecule has 0 aliphatic heterocycles. The summed E-state index contributed by atoms with van der Waals surface area (Å²) < 4.78 is 1.56. The van der Waals surface area contributed by atoms with E-state index in [4.69, 9.17) is 16.7 Å². The molecule has 1 aromatic heterocycles. The normalized spacial score (nSPS) is 10.2. The molecule has 0 aliphatic rings. The minimum atomic E-state index is -0.896. The van der Waals surface area contributed by atoms with Crippen LogP contribution < -0.4 is 0 Å². The van der Waals surface area contributed by atoms with E-state index in [-0.39, 0.29) is 6.42 Å². The Balaban J connectivity index is 2.82. The molecule has 0 radical (unpaired) electrons. The second kappa shape index (κ2) is 3.58. The second-order valence-electron chi connectivity index (χ2n) is 2.34. The Bertz CT molecular complexity index is 296.